The van der Waals surface area contributed by atoms with Gasteiger partial charge in [-0.15, -0.1) is 0 Å². The van der Waals surface area contributed by atoms with E-state index < -0.39 is 5.54 Å². The van der Waals surface area contributed by atoms with E-state index in [2.05, 4.69) is 5.32 Å². The van der Waals surface area contributed by atoms with Crippen LogP contribution in [0.5, 0.6) is 0 Å². The van der Waals surface area contributed by atoms with E-state index in [9.17, 15) is 4.79 Å². The van der Waals surface area contributed by atoms with E-state index in [-0.39, 0.29) is 29.7 Å². The first-order valence-electron chi connectivity index (χ1n) is 10.7. The molecule has 0 radical (unpaired) electrons. The van der Waals surface area contributed by atoms with Gasteiger partial charge in [0.1, 0.15) is 0 Å². The molecule has 3 N–H and O–H groups in total. The van der Waals surface area contributed by atoms with Crippen LogP contribution in [0, 0.1) is 12.3 Å². The zero-order valence-corrected chi connectivity index (χ0v) is 18.6. The third-order valence-electron chi connectivity index (χ3n) is 6.80. The van der Waals surface area contributed by atoms with Gasteiger partial charge in [0.25, 0.3) is 0 Å². The Hall–Kier alpha value is -2.57. The van der Waals surface area contributed by atoms with Gasteiger partial charge >= 0.3 is 0 Å². The van der Waals surface area contributed by atoms with E-state index in [1.165, 1.54) is 5.56 Å². The van der Waals surface area contributed by atoms with Gasteiger partial charge < -0.3 is 15.8 Å². The van der Waals surface area contributed by atoms with Gasteiger partial charge in [-0.1, -0.05) is 41.4 Å². The van der Waals surface area contributed by atoms with E-state index in [0.29, 0.717) is 5.02 Å². The number of ether oxygens (including phenoxy) is 1. The molecule has 1 saturated heterocycles. The standard InChI is InChI=1S/C24H27ClN4O2/c1-15-6-8-16(9-7-15)27-19-5-3-4-18(21(19)25)23(2)12-20(30)29(22(26)28-23)17-10-24(11-17)13-31-14-24/h3-9,17,27H,10-14H2,1-2H3,(H2,26,28)/t23-/m0/s1. The van der Waals surface area contributed by atoms with Crippen molar-refractivity contribution in [2.75, 3.05) is 18.5 Å². The smallest absolute Gasteiger partial charge is 0.232 e. The topological polar surface area (TPSA) is 80.0 Å². The molecule has 0 aromatic heterocycles. The number of halogens is 1. The van der Waals surface area contributed by atoms with Gasteiger partial charge in [-0.05, 0) is 44.9 Å². The molecule has 2 fully saturated rings. The molecule has 0 bridgehead atoms. The Bertz CT molecular complexity index is 1060. The lowest BCUT2D eigenvalue weighted by Gasteiger charge is -2.56. The van der Waals surface area contributed by atoms with Crippen LogP contribution in [0.1, 0.15) is 37.3 Å². The van der Waals surface area contributed by atoms with Crippen LogP contribution < -0.4 is 11.1 Å². The second kappa shape index (κ2) is 7.24. The molecule has 2 aliphatic heterocycles. The van der Waals surface area contributed by atoms with Crippen molar-refractivity contribution in [3.05, 3.63) is 58.6 Å². The van der Waals surface area contributed by atoms with Gasteiger partial charge in [-0.2, -0.15) is 0 Å². The van der Waals surface area contributed by atoms with E-state index in [0.717, 1.165) is 43.0 Å². The molecule has 6 nitrogen and oxygen atoms in total. The Morgan fingerprint density at radius 2 is 1.90 bits per heavy atom. The zero-order chi connectivity index (χ0) is 21.8. The lowest BCUT2D eigenvalue weighted by molar-refractivity contribution is -0.182. The van der Waals surface area contributed by atoms with E-state index >= 15 is 0 Å². The summed E-state index contributed by atoms with van der Waals surface area (Å²) in [4.78, 5) is 19.6. The van der Waals surface area contributed by atoms with Crippen molar-refractivity contribution in [2.45, 2.75) is 44.7 Å². The quantitative estimate of drug-likeness (QED) is 0.744. The molecule has 162 valence electrons. The fourth-order valence-electron chi connectivity index (χ4n) is 4.99. The third-order valence-corrected chi connectivity index (χ3v) is 7.21. The number of benzene rings is 2. The lowest BCUT2D eigenvalue weighted by Crippen LogP contribution is -2.64. The minimum Gasteiger partial charge on any atom is -0.380 e. The molecule has 2 heterocycles. The van der Waals surface area contributed by atoms with Gasteiger partial charge in [0, 0.05) is 22.7 Å². The van der Waals surface area contributed by atoms with Crippen molar-refractivity contribution in [3.8, 4) is 0 Å². The highest BCUT2D eigenvalue weighted by Gasteiger charge is 2.54. The second-order valence-corrected chi connectivity index (χ2v) is 9.78. The average molecular weight is 439 g/mol. The number of nitrogens with one attached hydrogen (secondary N) is 1. The van der Waals surface area contributed by atoms with Crippen LogP contribution in [0.25, 0.3) is 0 Å². The average Bonchev–Trinajstić information content (AvgIpc) is 2.64. The first-order valence-corrected chi connectivity index (χ1v) is 11.0. The number of hydrogen-bond acceptors (Lipinski definition) is 5. The van der Waals surface area contributed by atoms with Crippen LogP contribution in [0.3, 0.4) is 0 Å². The maximum absolute atomic E-state index is 13.1. The fraction of sp³-hybridized carbons (Fsp3) is 0.417. The Kier molecular flexibility index (Phi) is 4.75. The number of hydrogen-bond donors (Lipinski definition) is 2. The molecule has 1 aliphatic carbocycles. The summed E-state index contributed by atoms with van der Waals surface area (Å²) in [6.45, 7) is 5.55. The second-order valence-electron chi connectivity index (χ2n) is 9.40. The number of carbonyl (C=O) groups excluding carboxylic acids is 1. The summed E-state index contributed by atoms with van der Waals surface area (Å²) in [6, 6.07) is 14.0. The van der Waals surface area contributed by atoms with Crippen LogP contribution in [0.2, 0.25) is 5.02 Å². The normalized spacial score (nSPS) is 25.1. The molecule has 31 heavy (non-hydrogen) atoms. The first-order chi connectivity index (χ1) is 14.8. The summed E-state index contributed by atoms with van der Waals surface area (Å²) in [7, 11) is 0. The van der Waals surface area contributed by atoms with Gasteiger partial charge in [0.2, 0.25) is 5.91 Å². The number of anilines is 2. The van der Waals surface area contributed by atoms with Crippen molar-refractivity contribution in [2.24, 2.45) is 16.1 Å². The zero-order valence-electron chi connectivity index (χ0n) is 17.8. The maximum Gasteiger partial charge on any atom is 0.232 e. The van der Waals surface area contributed by atoms with Crippen LogP contribution in [0.4, 0.5) is 11.4 Å². The predicted octanol–water partition coefficient (Wildman–Crippen LogP) is 4.33. The minimum atomic E-state index is -0.805. The molecular formula is C24H27ClN4O2. The van der Waals surface area contributed by atoms with Crippen molar-refractivity contribution in [1.82, 2.24) is 4.90 Å². The molecule has 1 saturated carbocycles. The predicted molar refractivity (Wildman–Crippen MR) is 123 cm³/mol. The summed E-state index contributed by atoms with van der Waals surface area (Å²) in [5.74, 6) is 0.287. The monoisotopic (exact) mass is 438 g/mol. The molecule has 5 rings (SSSR count). The number of amides is 1. The number of aliphatic imine (C=N–C) groups is 1. The van der Waals surface area contributed by atoms with Gasteiger partial charge in [0.05, 0.1) is 35.9 Å². The first kappa shape index (κ1) is 20.3. The van der Waals surface area contributed by atoms with Crippen molar-refractivity contribution in [3.63, 3.8) is 0 Å². The van der Waals surface area contributed by atoms with E-state index in [1.54, 1.807) is 4.90 Å². The molecule has 1 spiro atoms. The van der Waals surface area contributed by atoms with Crippen LogP contribution in [-0.2, 0) is 15.1 Å². The van der Waals surface area contributed by atoms with E-state index in [4.69, 9.17) is 27.1 Å². The third kappa shape index (κ3) is 3.48. The minimum absolute atomic E-state index is 0.00283. The number of carbonyl (C=O) groups is 1. The van der Waals surface area contributed by atoms with Crippen molar-refractivity contribution >= 4 is 34.8 Å². The summed E-state index contributed by atoms with van der Waals surface area (Å²) in [5, 5.41) is 3.92. The summed E-state index contributed by atoms with van der Waals surface area (Å²) in [6.07, 6.45) is 2.10. The molecule has 1 amide bonds. The highest BCUT2D eigenvalue weighted by atomic mass is 35.5. The van der Waals surface area contributed by atoms with Crippen LogP contribution >= 0.6 is 11.6 Å². The van der Waals surface area contributed by atoms with Gasteiger partial charge in [0.15, 0.2) is 5.96 Å². The largest absolute Gasteiger partial charge is 0.380 e. The Labute approximate surface area is 187 Å². The number of nitrogens with zero attached hydrogens (tertiary/aromatic N) is 2. The highest BCUT2D eigenvalue weighted by Crippen LogP contribution is 2.50. The molecule has 2 aromatic carbocycles. The molecule has 0 unspecified atom stereocenters. The molecule has 7 heteroatoms. The molecular weight excluding hydrogens is 412 g/mol. The number of rotatable bonds is 4. The van der Waals surface area contributed by atoms with Crippen LogP contribution in [-0.4, -0.2) is 36.0 Å². The number of nitrogens with two attached hydrogens (primary N) is 1. The molecule has 1 atom stereocenters. The van der Waals surface area contributed by atoms with Crippen LogP contribution in [0.15, 0.2) is 47.5 Å². The van der Waals surface area contributed by atoms with Crippen molar-refractivity contribution in [1.29, 1.82) is 0 Å². The van der Waals surface area contributed by atoms with Gasteiger partial charge in [-0.3, -0.25) is 9.69 Å². The summed E-state index contributed by atoms with van der Waals surface area (Å²) in [5.41, 5.74) is 9.49. The number of guanidine groups is 1. The van der Waals surface area contributed by atoms with E-state index in [1.807, 2.05) is 56.3 Å². The van der Waals surface area contributed by atoms with Crippen molar-refractivity contribution < 1.29 is 9.53 Å². The summed E-state index contributed by atoms with van der Waals surface area (Å²) < 4.78 is 5.35. The Morgan fingerprint density at radius 1 is 1.19 bits per heavy atom. The Morgan fingerprint density at radius 3 is 2.52 bits per heavy atom. The maximum atomic E-state index is 13.1. The Balaban J connectivity index is 1.40. The van der Waals surface area contributed by atoms with Gasteiger partial charge in [-0.25, -0.2) is 4.99 Å². The SMILES string of the molecule is Cc1ccc(Nc2cccc([C@]3(C)CC(=O)N(C4CC5(COC5)C4)C(N)=N3)c2Cl)cc1. The lowest BCUT2D eigenvalue weighted by atomic mass is 9.63. The number of aryl methyl sites for hydroxylation is 1. The molecule has 3 aliphatic rings. The fourth-order valence-corrected chi connectivity index (χ4v) is 5.36. The molecule has 2 aromatic rings. The summed E-state index contributed by atoms with van der Waals surface area (Å²) >= 11 is 6.80. The highest BCUT2D eigenvalue weighted by molar-refractivity contribution is 6.34.